The van der Waals surface area contributed by atoms with Crippen molar-refractivity contribution < 1.29 is 4.79 Å². The average Bonchev–Trinajstić information content (AvgIpc) is 3.02. The molecular formula is C18H17ClN4OS. The molecule has 128 valence electrons. The quantitative estimate of drug-likeness (QED) is 0.667. The number of hydrogen-bond acceptors (Lipinski definition) is 5. The number of nitrogens with one attached hydrogen (secondary N) is 2. The Morgan fingerprint density at radius 2 is 1.92 bits per heavy atom. The smallest absolute Gasteiger partial charge is 0.267 e. The molecule has 3 rings (SSSR count). The number of carbonyl (C=O) groups excluding carboxylic acids is 1. The molecule has 1 amide bonds. The molecule has 0 atom stereocenters. The van der Waals surface area contributed by atoms with Crippen LogP contribution >= 0.6 is 22.9 Å². The largest absolute Gasteiger partial charge is 0.320 e. The number of halogens is 1. The van der Waals surface area contributed by atoms with E-state index in [1.807, 2.05) is 39.0 Å². The van der Waals surface area contributed by atoms with Crippen molar-refractivity contribution >= 4 is 45.5 Å². The zero-order chi connectivity index (χ0) is 18.0. The molecule has 0 aliphatic heterocycles. The third-order valence-corrected chi connectivity index (χ3v) is 4.86. The number of amides is 1. The lowest BCUT2D eigenvalue weighted by Gasteiger charge is -2.09. The molecule has 0 radical (unpaired) electrons. The first kappa shape index (κ1) is 17.4. The second kappa shape index (κ2) is 7.21. The van der Waals surface area contributed by atoms with E-state index in [9.17, 15) is 4.79 Å². The van der Waals surface area contributed by atoms with E-state index in [1.165, 1.54) is 17.5 Å². The summed E-state index contributed by atoms with van der Waals surface area (Å²) in [7, 11) is 0. The van der Waals surface area contributed by atoms with Gasteiger partial charge in [0.2, 0.25) is 0 Å². The van der Waals surface area contributed by atoms with Crippen molar-refractivity contribution in [3.8, 4) is 0 Å². The Kier molecular flexibility index (Phi) is 5.01. The van der Waals surface area contributed by atoms with Gasteiger partial charge in [0.1, 0.15) is 10.7 Å². The number of rotatable bonds is 4. The van der Waals surface area contributed by atoms with Crippen LogP contribution in [0.4, 0.5) is 16.6 Å². The third kappa shape index (κ3) is 3.97. The standard InChI is InChI=1S/C18H17ClN4OS/c1-10-7-12(3)16(20-8-10)23-18-21-9-14(25-18)17(24)22-15-11(2)5-4-6-13(15)19/h4-9H,1-3H3,(H,22,24)(H,20,21,23). The van der Waals surface area contributed by atoms with Gasteiger partial charge >= 0.3 is 0 Å². The van der Waals surface area contributed by atoms with Gasteiger partial charge in [0.15, 0.2) is 5.13 Å². The molecule has 0 bridgehead atoms. The maximum atomic E-state index is 12.5. The number of aromatic nitrogens is 2. The van der Waals surface area contributed by atoms with Crippen molar-refractivity contribution in [3.05, 3.63) is 63.2 Å². The van der Waals surface area contributed by atoms with Crippen molar-refractivity contribution in [1.82, 2.24) is 9.97 Å². The second-order valence-corrected chi connectivity index (χ2v) is 7.16. The molecule has 0 fully saturated rings. The van der Waals surface area contributed by atoms with Gasteiger partial charge in [-0.05, 0) is 43.5 Å². The van der Waals surface area contributed by atoms with E-state index in [-0.39, 0.29) is 5.91 Å². The topological polar surface area (TPSA) is 66.9 Å². The monoisotopic (exact) mass is 372 g/mol. The fraction of sp³-hybridized carbons (Fsp3) is 0.167. The molecule has 2 N–H and O–H groups in total. The van der Waals surface area contributed by atoms with E-state index in [4.69, 9.17) is 11.6 Å². The second-order valence-electron chi connectivity index (χ2n) is 5.72. The molecular weight excluding hydrogens is 356 g/mol. The van der Waals surface area contributed by atoms with Gasteiger partial charge in [-0.25, -0.2) is 9.97 Å². The molecule has 0 unspecified atom stereocenters. The summed E-state index contributed by atoms with van der Waals surface area (Å²) in [6.45, 7) is 5.86. The molecule has 0 saturated heterocycles. The molecule has 2 heterocycles. The fourth-order valence-electron chi connectivity index (χ4n) is 2.35. The van der Waals surface area contributed by atoms with E-state index in [0.29, 0.717) is 20.7 Å². The van der Waals surface area contributed by atoms with Gasteiger partial charge in [-0.2, -0.15) is 0 Å². The average molecular weight is 373 g/mol. The van der Waals surface area contributed by atoms with Crippen LogP contribution in [0.15, 0.2) is 36.7 Å². The normalized spacial score (nSPS) is 10.6. The van der Waals surface area contributed by atoms with Gasteiger partial charge in [0, 0.05) is 6.20 Å². The summed E-state index contributed by atoms with van der Waals surface area (Å²) in [5.74, 6) is 0.490. The first-order valence-electron chi connectivity index (χ1n) is 7.66. The minimum atomic E-state index is -0.240. The van der Waals surface area contributed by atoms with E-state index < -0.39 is 0 Å². The van der Waals surface area contributed by atoms with Crippen molar-refractivity contribution in [3.63, 3.8) is 0 Å². The van der Waals surface area contributed by atoms with Gasteiger partial charge in [-0.1, -0.05) is 41.1 Å². The predicted molar refractivity (Wildman–Crippen MR) is 103 cm³/mol. The Hall–Kier alpha value is -2.44. The Bertz CT molecular complexity index is 918. The summed E-state index contributed by atoms with van der Waals surface area (Å²) < 4.78 is 0. The van der Waals surface area contributed by atoms with Crippen LogP contribution in [0.1, 0.15) is 26.4 Å². The van der Waals surface area contributed by atoms with Gasteiger partial charge in [0.05, 0.1) is 16.9 Å². The first-order valence-corrected chi connectivity index (χ1v) is 8.86. The van der Waals surface area contributed by atoms with Crippen molar-refractivity contribution in [2.24, 2.45) is 0 Å². The number of benzene rings is 1. The Labute approximate surface area is 155 Å². The van der Waals surface area contributed by atoms with Crippen molar-refractivity contribution in [2.75, 3.05) is 10.6 Å². The molecule has 0 aliphatic rings. The highest BCUT2D eigenvalue weighted by Gasteiger charge is 2.14. The Balaban J connectivity index is 1.75. The predicted octanol–water partition coefficient (Wildman–Crippen LogP) is 5.11. The zero-order valence-corrected chi connectivity index (χ0v) is 15.6. The molecule has 7 heteroatoms. The van der Waals surface area contributed by atoms with Gasteiger partial charge in [-0.3, -0.25) is 4.79 Å². The SMILES string of the molecule is Cc1cnc(Nc2ncc(C(=O)Nc3c(C)cccc3Cl)s2)c(C)c1. The van der Waals surface area contributed by atoms with E-state index in [0.717, 1.165) is 22.5 Å². The lowest BCUT2D eigenvalue weighted by Crippen LogP contribution is -2.11. The number of anilines is 3. The van der Waals surface area contributed by atoms with E-state index in [1.54, 1.807) is 12.3 Å². The summed E-state index contributed by atoms with van der Waals surface area (Å²) in [6, 6.07) is 7.53. The summed E-state index contributed by atoms with van der Waals surface area (Å²) in [4.78, 5) is 21.6. The van der Waals surface area contributed by atoms with Crippen LogP contribution in [0.25, 0.3) is 0 Å². The maximum absolute atomic E-state index is 12.5. The van der Waals surface area contributed by atoms with Crippen molar-refractivity contribution in [1.29, 1.82) is 0 Å². The summed E-state index contributed by atoms with van der Waals surface area (Å²) in [6.07, 6.45) is 3.33. The minimum Gasteiger partial charge on any atom is -0.320 e. The maximum Gasteiger partial charge on any atom is 0.267 e. The summed E-state index contributed by atoms with van der Waals surface area (Å²) >= 11 is 7.42. The molecule has 0 saturated carbocycles. The Morgan fingerprint density at radius 1 is 1.12 bits per heavy atom. The fourth-order valence-corrected chi connectivity index (χ4v) is 3.33. The molecule has 2 aromatic heterocycles. The molecule has 25 heavy (non-hydrogen) atoms. The number of para-hydroxylation sites is 1. The molecule has 3 aromatic rings. The van der Waals surface area contributed by atoms with Crippen LogP contribution in [-0.2, 0) is 0 Å². The molecule has 0 aliphatic carbocycles. The third-order valence-electron chi connectivity index (χ3n) is 3.63. The van der Waals surface area contributed by atoms with Gasteiger partial charge in [0.25, 0.3) is 5.91 Å². The van der Waals surface area contributed by atoms with Crippen LogP contribution in [0, 0.1) is 20.8 Å². The highest BCUT2D eigenvalue weighted by atomic mass is 35.5. The Morgan fingerprint density at radius 3 is 2.64 bits per heavy atom. The lowest BCUT2D eigenvalue weighted by molar-refractivity contribution is 0.103. The lowest BCUT2D eigenvalue weighted by atomic mass is 10.2. The van der Waals surface area contributed by atoms with Crippen LogP contribution < -0.4 is 10.6 Å². The minimum absolute atomic E-state index is 0.240. The summed E-state index contributed by atoms with van der Waals surface area (Å²) in [5.41, 5.74) is 3.64. The summed E-state index contributed by atoms with van der Waals surface area (Å²) in [5, 5.41) is 7.12. The number of carbonyl (C=O) groups is 1. The van der Waals surface area contributed by atoms with Crippen molar-refractivity contribution in [2.45, 2.75) is 20.8 Å². The zero-order valence-electron chi connectivity index (χ0n) is 14.1. The van der Waals surface area contributed by atoms with E-state index >= 15 is 0 Å². The molecule has 5 nitrogen and oxygen atoms in total. The highest BCUT2D eigenvalue weighted by Crippen LogP contribution is 2.28. The number of nitrogens with zero attached hydrogens (tertiary/aromatic N) is 2. The van der Waals surface area contributed by atoms with Crippen LogP contribution in [0.5, 0.6) is 0 Å². The van der Waals surface area contributed by atoms with Gasteiger partial charge in [-0.15, -0.1) is 0 Å². The van der Waals surface area contributed by atoms with Crippen LogP contribution in [0.2, 0.25) is 5.02 Å². The molecule has 0 spiro atoms. The first-order chi connectivity index (χ1) is 11.9. The molecule has 1 aromatic carbocycles. The van der Waals surface area contributed by atoms with Crippen LogP contribution in [-0.4, -0.2) is 15.9 Å². The van der Waals surface area contributed by atoms with Gasteiger partial charge < -0.3 is 10.6 Å². The number of pyridine rings is 1. The number of aryl methyl sites for hydroxylation is 3. The van der Waals surface area contributed by atoms with E-state index in [2.05, 4.69) is 20.6 Å². The van der Waals surface area contributed by atoms with Crippen LogP contribution in [0.3, 0.4) is 0 Å². The number of hydrogen-bond donors (Lipinski definition) is 2. The highest BCUT2D eigenvalue weighted by molar-refractivity contribution is 7.17. The number of thiazole rings is 1.